The van der Waals surface area contributed by atoms with E-state index in [9.17, 15) is 9.59 Å². The third-order valence-corrected chi connectivity index (χ3v) is 4.36. The number of anilines is 1. The van der Waals surface area contributed by atoms with Crippen molar-refractivity contribution >= 4 is 34.8 Å². The molecule has 0 aliphatic carbocycles. The van der Waals surface area contributed by atoms with E-state index >= 15 is 0 Å². The maximum absolute atomic E-state index is 12.7. The minimum absolute atomic E-state index is 0.0286. The Kier molecular flexibility index (Phi) is 7.56. The Balaban J connectivity index is 1.58. The molecular weight excluding hydrogens is 414 g/mol. The maximum Gasteiger partial charge on any atom is 0.261 e. The second kappa shape index (κ2) is 10.7. The number of nitrogens with one attached hydrogen (secondary N) is 2. The molecule has 0 aliphatic heterocycles. The molecule has 2 amide bonds. The molecule has 0 unspecified atom stereocenters. The Bertz CT molecular complexity index is 1070. The number of hydrogen-bond acceptors (Lipinski definition) is 5. The molecule has 158 valence electrons. The molecule has 0 aliphatic rings. The van der Waals surface area contributed by atoms with Crippen molar-refractivity contribution in [2.45, 2.75) is 0 Å². The normalized spacial score (nSPS) is 10.1. The van der Waals surface area contributed by atoms with E-state index in [1.54, 1.807) is 48.5 Å². The maximum atomic E-state index is 12.7. The van der Waals surface area contributed by atoms with Gasteiger partial charge in [0.25, 0.3) is 11.8 Å². The number of hydrogen-bond donors (Lipinski definition) is 3. The van der Waals surface area contributed by atoms with E-state index in [4.69, 9.17) is 27.4 Å². The van der Waals surface area contributed by atoms with Gasteiger partial charge in [0.15, 0.2) is 5.11 Å². The Morgan fingerprint density at radius 2 is 1.42 bits per heavy atom. The molecule has 0 bridgehead atoms. The van der Waals surface area contributed by atoms with Crippen LogP contribution in [-0.4, -0.2) is 30.1 Å². The molecule has 3 aromatic carbocycles. The number of primary amides is 1. The summed E-state index contributed by atoms with van der Waals surface area (Å²) in [4.78, 5) is 24.2. The average Bonchev–Trinajstić information content (AvgIpc) is 2.78. The fraction of sp³-hybridized carbons (Fsp3) is 0.0870. The standard InChI is InChI=1S/C23H21N3O4S/c24-21(27)17-10-4-6-12-19(17)25-23(31)26-22(28)18-11-5-7-13-20(18)30-15-14-29-16-8-2-1-3-9-16/h1-13H,14-15H2,(H2,24,27)(H2,25,26,28,31). The largest absolute Gasteiger partial charge is 0.490 e. The lowest BCUT2D eigenvalue weighted by atomic mass is 10.1. The first-order valence-corrected chi connectivity index (χ1v) is 9.86. The SMILES string of the molecule is NC(=O)c1ccccc1NC(=S)NC(=O)c1ccccc1OCCOc1ccccc1. The highest BCUT2D eigenvalue weighted by Gasteiger charge is 2.15. The Morgan fingerprint density at radius 1 is 0.806 bits per heavy atom. The molecule has 0 aromatic heterocycles. The summed E-state index contributed by atoms with van der Waals surface area (Å²) in [5, 5.41) is 5.43. The molecule has 0 spiro atoms. The molecule has 0 radical (unpaired) electrons. The second-order valence-electron chi connectivity index (χ2n) is 6.32. The average molecular weight is 436 g/mol. The smallest absolute Gasteiger partial charge is 0.261 e. The monoisotopic (exact) mass is 435 g/mol. The first-order chi connectivity index (χ1) is 15.0. The number of carbonyl (C=O) groups excluding carboxylic acids is 2. The first-order valence-electron chi connectivity index (χ1n) is 9.45. The predicted molar refractivity (Wildman–Crippen MR) is 123 cm³/mol. The molecule has 0 heterocycles. The third-order valence-electron chi connectivity index (χ3n) is 4.15. The van der Waals surface area contributed by atoms with Crippen molar-refractivity contribution in [1.82, 2.24) is 5.32 Å². The zero-order valence-electron chi connectivity index (χ0n) is 16.5. The van der Waals surface area contributed by atoms with Crippen LogP contribution in [0, 0.1) is 0 Å². The number of thiocarbonyl (C=S) groups is 1. The van der Waals surface area contributed by atoms with Gasteiger partial charge in [0.1, 0.15) is 24.7 Å². The summed E-state index contributed by atoms with van der Waals surface area (Å²) in [6, 6.07) is 22.8. The van der Waals surface area contributed by atoms with Crippen LogP contribution in [0.15, 0.2) is 78.9 Å². The number of para-hydroxylation sites is 3. The molecule has 0 saturated carbocycles. The van der Waals surface area contributed by atoms with Crippen molar-refractivity contribution in [1.29, 1.82) is 0 Å². The quantitative estimate of drug-likeness (QED) is 0.370. The van der Waals surface area contributed by atoms with Crippen molar-refractivity contribution < 1.29 is 19.1 Å². The fourth-order valence-corrected chi connectivity index (χ4v) is 2.94. The van der Waals surface area contributed by atoms with Gasteiger partial charge in [0.05, 0.1) is 16.8 Å². The third kappa shape index (κ3) is 6.28. The van der Waals surface area contributed by atoms with Crippen LogP contribution in [0.5, 0.6) is 11.5 Å². The van der Waals surface area contributed by atoms with Gasteiger partial charge in [-0.2, -0.15) is 0 Å². The van der Waals surface area contributed by atoms with Gasteiger partial charge in [0.2, 0.25) is 0 Å². The van der Waals surface area contributed by atoms with E-state index in [2.05, 4.69) is 10.6 Å². The van der Waals surface area contributed by atoms with E-state index in [-0.39, 0.29) is 17.3 Å². The number of ether oxygens (including phenoxy) is 2. The Labute approximate surface area is 185 Å². The number of amides is 2. The number of rotatable bonds is 8. The van der Waals surface area contributed by atoms with Crippen LogP contribution in [0.25, 0.3) is 0 Å². The summed E-state index contributed by atoms with van der Waals surface area (Å²) in [6.07, 6.45) is 0. The van der Waals surface area contributed by atoms with Crippen LogP contribution < -0.4 is 25.8 Å². The van der Waals surface area contributed by atoms with Gasteiger partial charge >= 0.3 is 0 Å². The highest BCUT2D eigenvalue weighted by atomic mass is 32.1. The van der Waals surface area contributed by atoms with Crippen LogP contribution in [-0.2, 0) is 0 Å². The Hall–Kier alpha value is -3.91. The minimum atomic E-state index is -0.603. The van der Waals surface area contributed by atoms with Crippen molar-refractivity contribution in [2.75, 3.05) is 18.5 Å². The molecule has 4 N–H and O–H groups in total. The topological polar surface area (TPSA) is 103 Å². The lowest BCUT2D eigenvalue weighted by molar-refractivity contribution is 0.0970. The highest BCUT2D eigenvalue weighted by molar-refractivity contribution is 7.80. The number of carbonyl (C=O) groups is 2. The van der Waals surface area contributed by atoms with Gasteiger partial charge < -0.3 is 20.5 Å². The minimum Gasteiger partial charge on any atom is -0.490 e. The van der Waals surface area contributed by atoms with E-state index in [0.29, 0.717) is 23.6 Å². The van der Waals surface area contributed by atoms with Crippen LogP contribution in [0.4, 0.5) is 5.69 Å². The van der Waals surface area contributed by atoms with E-state index in [1.165, 1.54) is 0 Å². The van der Waals surface area contributed by atoms with Crippen LogP contribution in [0.2, 0.25) is 0 Å². The van der Waals surface area contributed by atoms with Gasteiger partial charge in [-0.25, -0.2) is 0 Å². The van der Waals surface area contributed by atoms with Crippen LogP contribution >= 0.6 is 12.2 Å². The molecule has 7 nitrogen and oxygen atoms in total. The van der Waals surface area contributed by atoms with Crippen LogP contribution in [0.3, 0.4) is 0 Å². The van der Waals surface area contributed by atoms with Gasteiger partial charge in [-0.3, -0.25) is 14.9 Å². The predicted octanol–water partition coefficient (Wildman–Crippen LogP) is 3.37. The van der Waals surface area contributed by atoms with E-state index < -0.39 is 11.8 Å². The number of nitrogens with two attached hydrogens (primary N) is 1. The van der Waals surface area contributed by atoms with Gasteiger partial charge in [0, 0.05) is 0 Å². The molecule has 3 aromatic rings. The molecule has 0 saturated heterocycles. The summed E-state index contributed by atoms with van der Waals surface area (Å²) in [7, 11) is 0. The van der Waals surface area contributed by atoms with Gasteiger partial charge in [-0.1, -0.05) is 42.5 Å². The second-order valence-corrected chi connectivity index (χ2v) is 6.73. The fourth-order valence-electron chi connectivity index (χ4n) is 2.74. The molecule has 8 heteroatoms. The summed E-state index contributed by atoms with van der Waals surface area (Å²) in [5.41, 5.74) is 6.35. The van der Waals surface area contributed by atoms with Crippen molar-refractivity contribution in [3.63, 3.8) is 0 Å². The van der Waals surface area contributed by atoms with Crippen molar-refractivity contribution in [2.24, 2.45) is 5.73 Å². The zero-order valence-corrected chi connectivity index (χ0v) is 17.4. The first kappa shape index (κ1) is 21.8. The summed E-state index contributed by atoms with van der Waals surface area (Å²) >= 11 is 5.21. The van der Waals surface area contributed by atoms with Crippen molar-refractivity contribution in [3.05, 3.63) is 90.0 Å². The lowest BCUT2D eigenvalue weighted by Crippen LogP contribution is -2.35. The summed E-state index contributed by atoms with van der Waals surface area (Å²) < 4.78 is 11.3. The van der Waals surface area contributed by atoms with Gasteiger partial charge in [-0.05, 0) is 48.6 Å². The van der Waals surface area contributed by atoms with E-state index in [1.807, 2.05) is 30.3 Å². The molecule has 31 heavy (non-hydrogen) atoms. The lowest BCUT2D eigenvalue weighted by Gasteiger charge is -2.14. The Morgan fingerprint density at radius 3 is 2.16 bits per heavy atom. The summed E-state index contributed by atoms with van der Waals surface area (Å²) in [6.45, 7) is 0.581. The molecule has 0 atom stereocenters. The zero-order chi connectivity index (χ0) is 22.1. The molecular formula is C23H21N3O4S. The van der Waals surface area contributed by atoms with Crippen molar-refractivity contribution in [3.8, 4) is 11.5 Å². The molecule has 3 rings (SSSR count). The highest BCUT2D eigenvalue weighted by Crippen LogP contribution is 2.19. The van der Waals surface area contributed by atoms with Gasteiger partial charge in [-0.15, -0.1) is 0 Å². The van der Waals surface area contributed by atoms with E-state index in [0.717, 1.165) is 5.75 Å². The number of benzene rings is 3. The summed E-state index contributed by atoms with van der Waals surface area (Å²) in [5.74, 6) is 0.0871. The van der Waals surface area contributed by atoms with Crippen LogP contribution in [0.1, 0.15) is 20.7 Å². The molecule has 0 fully saturated rings.